The third kappa shape index (κ3) is 3.45. The lowest BCUT2D eigenvalue weighted by Gasteiger charge is -2.21. The van der Waals surface area contributed by atoms with Crippen molar-refractivity contribution in [3.63, 3.8) is 0 Å². The third-order valence-corrected chi connectivity index (χ3v) is 2.82. The number of aryl methyl sites for hydroxylation is 1. The summed E-state index contributed by atoms with van der Waals surface area (Å²) in [7, 11) is 0. The first-order valence-electron chi connectivity index (χ1n) is 5.74. The number of carboxylic acid groups (broad SMARTS) is 1. The summed E-state index contributed by atoms with van der Waals surface area (Å²) in [6, 6.07) is 0. The Morgan fingerprint density at radius 2 is 2.24 bits per heavy atom. The van der Waals surface area contributed by atoms with E-state index in [-0.39, 0.29) is 6.42 Å². The summed E-state index contributed by atoms with van der Waals surface area (Å²) in [6.07, 6.45) is 3.92. The average Bonchev–Trinajstić information content (AvgIpc) is 2.38. The van der Waals surface area contributed by atoms with Crippen LogP contribution >= 0.6 is 0 Å². The second-order valence-corrected chi connectivity index (χ2v) is 4.08. The Hall–Kier alpha value is -1.56. The SMILES string of the molecule is O=C(O)CCc1nncc(C2CCOCC2)n1. The molecule has 0 saturated carbocycles. The van der Waals surface area contributed by atoms with E-state index in [1.807, 2.05) is 0 Å². The molecule has 6 heteroatoms. The van der Waals surface area contributed by atoms with Gasteiger partial charge in [0.25, 0.3) is 0 Å². The Labute approximate surface area is 99.0 Å². The molecule has 2 rings (SSSR count). The minimum atomic E-state index is -0.843. The van der Waals surface area contributed by atoms with E-state index in [0.29, 0.717) is 18.2 Å². The number of hydrogen-bond acceptors (Lipinski definition) is 5. The number of carboxylic acids is 1. The first-order chi connectivity index (χ1) is 8.25. The van der Waals surface area contributed by atoms with Gasteiger partial charge in [-0.1, -0.05) is 0 Å². The van der Waals surface area contributed by atoms with Gasteiger partial charge in [-0.3, -0.25) is 4.79 Å². The molecule has 17 heavy (non-hydrogen) atoms. The molecule has 1 aliphatic heterocycles. The van der Waals surface area contributed by atoms with Crippen LogP contribution in [0.25, 0.3) is 0 Å². The molecule has 2 heterocycles. The van der Waals surface area contributed by atoms with Crippen LogP contribution in [-0.4, -0.2) is 39.5 Å². The molecule has 1 aromatic heterocycles. The molecule has 1 aliphatic rings. The zero-order valence-corrected chi connectivity index (χ0v) is 9.50. The summed E-state index contributed by atoms with van der Waals surface area (Å²) in [4.78, 5) is 14.8. The molecule has 0 spiro atoms. The van der Waals surface area contributed by atoms with E-state index in [1.165, 1.54) is 0 Å². The van der Waals surface area contributed by atoms with Crippen LogP contribution in [0.4, 0.5) is 0 Å². The number of aromatic nitrogens is 3. The molecule has 0 radical (unpaired) electrons. The normalized spacial score (nSPS) is 16.9. The van der Waals surface area contributed by atoms with Crippen LogP contribution in [0.15, 0.2) is 6.20 Å². The van der Waals surface area contributed by atoms with Gasteiger partial charge in [-0.25, -0.2) is 4.98 Å². The summed E-state index contributed by atoms with van der Waals surface area (Å²) in [5.74, 6) is 0.0317. The van der Waals surface area contributed by atoms with Gasteiger partial charge in [0.15, 0.2) is 5.82 Å². The first kappa shape index (κ1) is 11.9. The molecule has 1 N–H and O–H groups in total. The van der Waals surface area contributed by atoms with Gasteiger partial charge in [0.1, 0.15) is 0 Å². The lowest BCUT2D eigenvalue weighted by Crippen LogP contribution is -2.16. The Morgan fingerprint density at radius 3 is 2.94 bits per heavy atom. The van der Waals surface area contributed by atoms with E-state index in [0.717, 1.165) is 31.7 Å². The Balaban J connectivity index is 2.02. The van der Waals surface area contributed by atoms with Gasteiger partial charge in [-0.2, -0.15) is 5.10 Å². The molecule has 92 valence electrons. The molecule has 1 fully saturated rings. The maximum absolute atomic E-state index is 10.5. The summed E-state index contributed by atoms with van der Waals surface area (Å²) in [6.45, 7) is 1.50. The van der Waals surface area contributed by atoms with Crippen molar-refractivity contribution < 1.29 is 14.6 Å². The molecule has 0 aliphatic carbocycles. The molecule has 0 aromatic carbocycles. The fraction of sp³-hybridized carbons (Fsp3) is 0.636. The van der Waals surface area contributed by atoms with Gasteiger partial charge < -0.3 is 9.84 Å². The van der Waals surface area contributed by atoms with E-state index in [4.69, 9.17) is 9.84 Å². The third-order valence-electron chi connectivity index (χ3n) is 2.82. The van der Waals surface area contributed by atoms with Crippen LogP contribution in [0.3, 0.4) is 0 Å². The van der Waals surface area contributed by atoms with Crippen LogP contribution in [0, 0.1) is 0 Å². The average molecular weight is 237 g/mol. The highest BCUT2D eigenvalue weighted by atomic mass is 16.5. The molecule has 1 saturated heterocycles. The largest absolute Gasteiger partial charge is 0.481 e. The van der Waals surface area contributed by atoms with E-state index in [9.17, 15) is 4.79 Å². The van der Waals surface area contributed by atoms with Gasteiger partial charge in [0.2, 0.25) is 0 Å². The van der Waals surface area contributed by atoms with Crippen molar-refractivity contribution in [2.75, 3.05) is 13.2 Å². The maximum Gasteiger partial charge on any atom is 0.303 e. The van der Waals surface area contributed by atoms with E-state index >= 15 is 0 Å². The van der Waals surface area contributed by atoms with Gasteiger partial charge in [0.05, 0.1) is 18.3 Å². The highest BCUT2D eigenvalue weighted by Crippen LogP contribution is 2.24. The highest BCUT2D eigenvalue weighted by molar-refractivity contribution is 5.66. The molecule has 0 atom stereocenters. The van der Waals surface area contributed by atoms with Crippen LogP contribution in [0.1, 0.15) is 36.7 Å². The number of nitrogens with zero attached hydrogens (tertiary/aromatic N) is 3. The van der Waals surface area contributed by atoms with Crippen molar-refractivity contribution in [2.45, 2.75) is 31.6 Å². The minimum Gasteiger partial charge on any atom is -0.481 e. The minimum absolute atomic E-state index is 0.0406. The van der Waals surface area contributed by atoms with Gasteiger partial charge in [0, 0.05) is 25.6 Å². The Kier molecular flexibility index (Phi) is 3.98. The number of carbonyl (C=O) groups is 1. The fourth-order valence-electron chi connectivity index (χ4n) is 1.87. The van der Waals surface area contributed by atoms with Crippen molar-refractivity contribution in [2.24, 2.45) is 0 Å². The maximum atomic E-state index is 10.5. The quantitative estimate of drug-likeness (QED) is 0.833. The Morgan fingerprint density at radius 1 is 1.47 bits per heavy atom. The smallest absolute Gasteiger partial charge is 0.303 e. The van der Waals surface area contributed by atoms with Crippen LogP contribution in [0.5, 0.6) is 0 Å². The predicted octanol–water partition coefficient (Wildman–Crippen LogP) is 0.783. The second-order valence-electron chi connectivity index (χ2n) is 4.08. The molecule has 0 unspecified atom stereocenters. The molecule has 1 aromatic rings. The van der Waals surface area contributed by atoms with Crippen molar-refractivity contribution in [1.82, 2.24) is 15.2 Å². The number of ether oxygens (including phenoxy) is 1. The fourth-order valence-corrected chi connectivity index (χ4v) is 1.87. The van der Waals surface area contributed by atoms with E-state index in [2.05, 4.69) is 15.2 Å². The number of rotatable bonds is 4. The van der Waals surface area contributed by atoms with Crippen LogP contribution in [-0.2, 0) is 16.0 Å². The molecular formula is C11H15N3O3. The Bertz CT molecular complexity index is 391. The first-order valence-corrected chi connectivity index (χ1v) is 5.74. The number of aliphatic carboxylic acids is 1. The van der Waals surface area contributed by atoms with Gasteiger partial charge in [-0.15, -0.1) is 5.10 Å². The summed E-state index contributed by atoms with van der Waals surface area (Å²) >= 11 is 0. The summed E-state index contributed by atoms with van der Waals surface area (Å²) in [5.41, 5.74) is 0.906. The van der Waals surface area contributed by atoms with Crippen LogP contribution in [0.2, 0.25) is 0 Å². The van der Waals surface area contributed by atoms with Crippen molar-refractivity contribution >= 4 is 5.97 Å². The molecular weight excluding hydrogens is 222 g/mol. The monoisotopic (exact) mass is 237 g/mol. The van der Waals surface area contributed by atoms with Crippen molar-refractivity contribution in [3.05, 3.63) is 17.7 Å². The zero-order valence-electron chi connectivity index (χ0n) is 9.50. The van der Waals surface area contributed by atoms with Gasteiger partial charge >= 0.3 is 5.97 Å². The molecule has 0 amide bonds. The standard InChI is InChI=1S/C11H15N3O3/c15-11(16)2-1-10-13-9(7-12-14-10)8-3-5-17-6-4-8/h7-8H,1-6H2,(H,15,16). The summed E-state index contributed by atoms with van der Waals surface area (Å²) in [5, 5.41) is 16.3. The van der Waals surface area contributed by atoms with Gasteiger partial charge in [-0.05, 0) is 12.8 Å². The van der Waals surface area contributed by atoms with Crippen molar-refractivity contribution in [1.29, 1.82) is 0 Å². The lowest BCUT2D eigenvalue weighted by atomic mass is 9.97. The number of hydrogen-bond donors (Lipinski definition) is 1. The predicted molar refractivity (Wildman–Crippen MR) is 58.6 cm³/mol. The topological polar surface area (TPSA) is 85.2 Å². The van der Waals surface area contributed by atoms with E-state index in [1.54, 1.807) is 6.20 Å². The summed E-state index contributed by atoms with van der Waals surface area (Å²) < 4.78 is 5.29. The highest BCUT2D eigenvalue weighted by Gasteiger charge is 2.18. The lowest BCUT2D eigenvalue weighted by molar-refractivity contribution is -0.137. The van der Waals surface area contributed by atoms with E-state index < -0.39 is 5.97 Å². The molecule has 0 bridgehead atoms. The van der Waals surface area contributed by atoms with Crippen molar-refractivity contribution in [3.8, 4) is 0 Å². The second kappa shape index (κ2) is 5.67. The molecule has 6 nitrogen and oxygen atoms in total. The zero-order chi connectivity index (χ0) is 12.1. The van der Waals surface area contributed by atoms with Crippen LogP contribution < -0.4 is 0 Å².